The van der Waals surface area contributed by atoms with Crippen LogP contribution in [0.4, 0.5) is 0 Å². The van der Waals surface area contributed by atoms with Gasteiger partial charge in [0.15, 0.2) is 5.84 Å². The zero-order valence-corrected chi connectivity index (χ0v) is 11.2. The summed E-state index contributed by atoms with van der Waals surface area (Å²) in [6, 6.07) is 4.19. The van der Waals surface area contributed by atoms with Crippen LogP contribution in [-0.2, 0) is 0 Å². The van der Waals surface area contributed by atoms with Crippen molar-refractivity contribution >= 4 is 34.9 Å². The minimum Gasteiger partial charge on any atom is -0.409 e. The van der Waals surface area contributed by atoms with E-state index < -0.39 is 11.9 Å². The van der Waals surface area contributed by atoms with Crippen molar-refractivity contribution in [3.05, 3.63) is 33.8 Å². The summed E-state index contributed by atoms with van der Waals surface area (Å²) in [5.41, 5.74) is 5.69. The van der Waals surface area contributed by atoms with E-state index in [0.29, 0.717) is 11.4 Å². The van der Waals surface area contributed by atoms with Crippen molar-refractivity contribution in [3.63, 3.8) is 0 Å². The van der Waals surface area contributed by atoms with Crippen molar-refractivity contribution in [2.45, 2.75) is 19.4 Å². The van der Waals surface area contributed by atoms with Crippen molar-refractivity contribution in [1.29, 1.82) is 0 Å². The summed E-state index contributed by atoms with van der Waals surface area (Å²) in [5.74, 6) is -0.495. The minimum atomic E-state index is -0.558. The van der Waals surface area contributed by atoms with Crippen LogP contribution in [0, 0.1) is 0 Å². The molecule has 0 aliphatic rings. The molecule has 18 heavy (non-hydrogen) atoms. The Morgan fingerprint density at radius 1 is 1.56 bits per heavy atom. The van der Waals surface area contributed by atoms with E-state index >= 15 is 0 Å². The summed E-state index contributed by atoms with van der Waals surface area (Å²) in [5, 5.41) is 14.5. The normalized spacial score (nSPS) is 13.2. The largest absolute Gasteiger partial charge is 0.409 e. The van der Waals surface area contributed by atoms with Gasteiger partial charge in [0, 0.05) is 0 Å². The Labute approximate surface area is 115 Å². The third kappa shape index (κ3) is 3.27. The first-order valence-electron chi connectivity index (χ1n) is 5.23. The van der Waals surface area contributed by atoms with Gasteiger partial charge in [-0.25, -0.2) is 0 Å². The summed E-state index contributed by atoms with van der Waals surface area (Å²) in [4.78, 5) is 12.0. The summed E-state index contributed by atoms with van der Waals surface area (Å²) in [7, 11) is 0. The SMILES string of the molecule is CCC(NC(=O)c1cccc(Cl)c1Cl)/C(N)=N/O. The average molecular weight is 290 g/mol. The van der Waals surface area contributed by atoms with E-state index in [1.165, 1.54) is 0 Å². The lowest BCUT2D eigenvalue weighted by molar-refractivity contribution is 0.0945. The number of oxime groups is 1. The van der Waals surface area contributed by atoms with Crippen LogP contribution in [0.25, 0.3) is 0 Å². The second kappa shape index (κ2) is 6.47. The van der Waals surface area contributed by atoms with E-state index in [1.54, 1.807) is 25.1 Å². The molecule has 1 atom stereocenters. The Bertz CT molecular complexity index is 477. The third-order valence-electron chi connectivity index (χ3n) is 2.38. The number of carbonyl (C=O) groups excluding carboxylic acids is 1. The highest BCUT2D eigenvalue weighted by Crippen LogP contribution is 2.25. The quantitative estimate of drug-likeness (QED) is 0.344. The number of hydrogen-bond donors (Lipinski definition) is 3. The average Bonchev–Trinajstić information content (AvgIpc) is 2.37. The van der Waals surface area contributed by atoms with E-state index in [1.807, 2.05) is 0 Å². The fourth-order valence-electron chi connectivity index (χ4n) is 1.37. The summed E-state index contributed by atoms with van der Waals surface area (Å²) in [6.07, 6.45) is 0.486. The Balaban J connectivity index is 2.91. The number of benzene rings is 1. The fraction of sp³-hybridized carbons (Fsp3) is 0.273. The predicted molar refractivity (Wildman–Crippen MR) is 71.4 cm³/mol. The maximum absolute atomic E-state index is 12.0. The van der Waals surface area contributed by atoms with Gasteiger partial charge >= 0.3 is 0 Å². The monoisotopic (exact) mass is 289 g/mol. The number of nitrogens with two attached hydrogens (primary N) is 1. The molecule has 7 heteroatoms. The number of nitrogens with zero attached hydrogens (tertiary/aromatic N) is 1. The van der Waals surface area contributed by atoms with Crippen molar-refractivity contribution in [3.8, 4) is 0 Å². The summed E-state index contributed by atoms with van der Waals surface area (Å²) < 4.78 is 0. The molecule has 0 fully saturated rings. The zero-order chi connectivity index (χ0) is 13.7. The topological polar surface area (TPSA) is 87.7 Å². The Hall–Kier alpha value is -1.46. The second-order valence-corrected chi connectivity index (χ2v) is 4.35. The molecule has 0 radical (unpaired) electrons. The van der Waals surface area contributed by atoms with E-state index in [0.717, 1.165) is 0 Å². The molecule has 98 valence electrons. The molecule has 0 aliphatic carbocycles. The molecular weight excluding hydrogens is 277 g/mol. The lowest BCUT2D eigenvalue weighted by Gasteiger charge is -2.16. The van der Waals surface area contributed by atoms with Crippen molar-refractivity contribution in [1.82, 2.24) is 5.32 Å². The number of rotatable bonds is 4. The van der Waals surface area contributed by atoms with Gasteiger partial charge < -0.3 is 16.3 Å². The molecular formula is C11H13Cl2N3O2. The van der Waals surface area contributed by atoms with Gasteiger partial charge in [0.05, 0.1) is 21.7 Å². The van der Waals surface area contributed by atoms with Crippen LogP contribution in [0.2, 0.25) is 10.0 Å². The Morgan fingerprint density at radius 3 is 2.78 bits per heavy atom. The number of amides is 1. The van der Waals surface area contributed by atoms with Crippen LogP contribution >= 0.6 is 23.2 Å². The number of halogens is 2. The minimum absolute atomic E-state index is 0.0657. The van der Waals surface area contributed by atoms with Crippen LogP contribution in [0.15, 0.2) is 23.4 Å². The van der Waals surface area contributed by atoms with E-state index in [2.05, 4.69) is 10.5 Å². The molecule has 5 nitrogen and oxygen atoms in total. The summed E-state index contributed by atoms with van der Waals surface area (Å²) in [6.45, 7) is 1.79. The van der Waals surface area contributed by atoms with E-state index in [9.17, 15) is 4.79 Å². The van der Waals surface area contributed by atoms with Gasteiger partial charge in [-0.15, -0.1) is 0 Å². The van der Waals surface area contributed by atoms with Gasteiger partial charge in [0.2, 0.25) is 0 Å². The molecule has 1 amide bonds. The molecule has 1 aromatic carbocycles. The highest BCUT2D eigenvalue weighted by atomic mass is 35.5. The molecule has 0 aliphatic heterocycles. The van der Waals surface area contributed by atoms with Crippen LogP contribution in [-0.4, -0.2) is 23.0 Å². The molecule has 0 bridgehead atoms. The Morgan fingerprint density at radius 2 is 2.22 bits per heavy atom. The number of carbonyl (C=O) groups is 1. The van der Waals surface area contributed by atoms with Crippen molar-refractivity contribution < 1.29 is 10.0 Å². The predicted octanol–water partition coefficient (Wildman–Crippen LogP) is 2.25. The Kier molecular flexibility index (Phi) is 5.25. The lowest BCUT2D eigenvalue weighted by atomic mass is 10.1. The first-order valence-corrected chi connectivity index (χ1v) is 5.99. The van der Waals surface area contributed by atoms with Crippen LogP contribution in [0.1, 0.15) is 23.7 Å². The molecule has 0 saturated carbocycles. The van der Waals surface area contributed by atoms with Crippen LogP contribution < -0.4 is 11.1 Å². The zero-order valence-electron chi connectivity index (χ0n) is 9.65. The smallest absolute Gasteiger partial charge is 0.253 e. The third-order valence-corrected chi connectivity index (χ3v) is 3.20. The molecule has 1 unspecified atom stereocenters. The molecule has 1 rings (SSSR count). The highest BCUT2D eigenvalue weighted by Gasteiger charge is 2.18. The van der Waals surface area contributed by atoms with Crippen LogP contribution in [0.5, 0.6) is 0 Å². The van der Waals surface area contributed by atoms with Crippen molar-refractivity contribution in [2.24, 2.45) is 10.9 Å². The maximum atomic E-state index is 12.0. The van der Waals surface area contributed by atoms with Gasteiger partial charge in [-0.1, -0.05) is 41.3 Å². The summed E-state index contributed by atoms with van der Waals surface area (Å²) >= 11 is 11.7. The molecule has 0 spiro atoms. The molecule has 0 aromatic heterocycles. The molecule has 0 heterocycles. The second-order valence-electron chi connectivity index (χ2n) is 3.56. The number of nitrogens with one attached hydrogen (secondary N) is 1. The molecule has 0 saturated heterocycles. The lowest BCUT2D eigenvalue weighted by Crippen LogP contribution is -2.44. The van der Waals surface area contributed by atoms with Gasteiger partial charge in [-0.2, -0.15) is 0 Å². The fourth-order valence-corrected chi connectivity index (χ4v) is 1.76. The standard InChI is InChI=1S/C11H13Cl2N3O2/c1-2-8(10(14)16-18)15-11(17)6-4-3-5-7(12)9(6)13/h3-5,8,18H,2H2,1H3,(H2,14,16)(H,15,17). The van der Waals surface area contributed by atoms with Gasteiger partial charge in [-0.05, 0) is 18.6 Å². The highest BCUT2D eigenvalue weighted by molar-refractivity contribution is 6.43. The van der Waals surface area contributed by atoms with Gasteiger partial charge in [-0.3, -0.25) is 4.79 Å². The van der Waals surface area contributed by atoms with E-state index in [-0.39, 0.29) is 16.4 Å². The number of hydrogen-bond acceptors (Lipinski definition) is 3. The first kappa shape index (κ1) is 14.6. The van der Waals surface area contributed by atoms with Gasteiger partial charge in [0.1, 0.15) is 0 Å². The van der Waals surface area contributed by atoms with E-state index in [4.69, 9.17) is 34.1 Å². The van der Waals surface area contributed by atoms with Crippen LogP contribution in [0.3, 0.4) is 0 Å². The molecule has 1 aromatic rings. The van der Waals surface area contributed by atoms with Gasteiger partial charge in [0.25, 0.3) is 5.91 Å². The maximum Gasteiger partial charge on any atom is 0.253 e. The molecule has 4 N–H and O–H groups in total. The van der Waals surface area contributed by atoms with Crippen molar-refractivity contribution in [2.75, 3.05) is 0 Å². The first-order chi connectivity index (χ1) is 8.51. The number of amidine groups is 1.